The zero-order chi connectivity index (χ0) is 14.8. The van der Waals surface area contributed by atoms with Gasteiger partial charge in [-0.05, 0) is 22.3 Å². The van der Waals surface area contributed by atoms with E-state index < -0.39 is 0 Å². The van der Waals surface area contributed by atoms with Crippen LogP contribution in [0.2, 0.25) is 0 Å². The molecule has 2 N–H and O–H groups in total. The first-order valence-corrected chi connectivity index (χ1v) is 7.13. The molecule has 0 fully saturated rings. The predicted octanol–water partition coefficient (Wildman–Crippen LogP) is 2.50. The van der Waals surface area contributed by atoms with Gasteiger partial charge in [-0.2, -0.15) is 0 Å². The minimum atomic E-state index is 0.254. The van der Waals surface area contributed by atoms with Crippen molar-refractivity contribution < 1.29 is 4.63 Å². The van der Waals surface area contributed by atoms with Gasteiger partial charge in [-0.3, -0.25) is 4.98 Å². The molecule has 0 atom stereocenters. The largest absolute Gasteiger partial charge is 0.379 e. The Kier molecular flexibility index (Phi) is 3.55. The molecular formula is C14H18N6O. The van der Waals surface area contributed by atoms with Gasteiger partial charge in [0.25, 0.3) is 0 Å². The average Bonchev–Trinajstić information content (AvgIpc) is 3.08. The average molecular weight is 286 g/mol. The van der Waals surface area contributed by atoms with Gasteiger partial charge in [0.2, 0.25) is 0 Å². The molecular weight excluding hydrogens is 268 g/mol. The lowest BCUT2D eigenvalue weighted by Gasteiger charge is -2.15. The van der Waals surface area contributed by atoms with Gasteiger partial charge in [0.15, 0.2) is 17.3 Å². The Morgan fingerprint density at radius 3 is 2.76 bits per heavy atom. The maximum absolute atomic E-state index is 5.82. The van der Waals surface area contributed by atoms with Crippen LogP contribution in [-0.2, 0) is 6.54 Å². The van der Waals surface area contributed by atoms with Crippen LogP contribution in [0.5, 0.6) is 0 Å². The van der Waals surface area contributed by atoms with Crippen molar-refractivity contribution in [2.24, 2.45) is 5.92 Å². The van der Waals surface area contributed by atoms with Gasteiger partial charge in [0.05, 0.1) is 11.7 Å². The molecule has 0 unspecified atom stereocenters. The van der Waals surface area contributed by atoms with Gasteiger partial charge in [-0.1, -0.05) is 26.7 Å². The van der Waals surface area contributed by atoms with Crippen LogP contribution in [0, 0.1) is 5.92 Å². The lowest BCUT2D eigenvalue weighted by Crippen LogP contribution is -2.11. The highest BCUT2D eigenvalue weighted by molar-refractivity contribution is 5.80. The molecule has 0 amide bonds. The molecule has 0 aliphatic heterocycles. The van der Waals surface area contributed by atoms with E-state index in [4.69, 9.17) is 10.4 Å². The number of imidazole rings is 1. The summed E-state index contributed by atoms with van der Waals surface area (Å²) in [6.07, 6.45) is 5.72. The number of hydrogen-bond donors (Lipinski definition) is 1. The summed E-state index contributed by atoms with van der Waals surface area (Å²) in [5.74, 6) is 1.50. The molecule has 0 aliphatic carbocycles. The van der Waals surface area contributed by atoms with Crippen molar-refractivity contribution in [3.05, 3.63) is 18.5 Å². The van der Waals surface area contributed by atoms with E-state index in [9.17, 15) is 0 Å². The summed E-state index contributed by atoms with van der Waals surface area (Å²) in [5.41, 5.74) is 8.15. The van der Waals surface area contributed by atoms with Gasteiger partial charge >= 0.3 is 0 Å². The summed E-state index contributed by atoms with van der Waals surface area (Å²) in [7, 11) is 0. The van der Waals surface area contributed by atoms with Gasteiger partial charge in [0, 0.05) is 12.7 Å². The van der Waals surface area contributed by atoms with Crippen LogP contribution in [0.15, 0.2) is 23.1 Å². The smallest absolute Gasteiger partial charge is 0.199 e. The summed E-state index contributed by atoms with van der Waals surface area (Å²) in [6.45, 7) is 5.25. The highest BCUT2D eigenvalue weighted by Crippen LogP contribution is 2.27. The van der Waals surface area contributed by atoms with Crippen molar-refractivity contribution >= 4 is 16.9 Å². The van der Waals surface area contributed by atoms with Crippen LogP contribution in [0.25, 0.3) is 22.6 Å². The summed E-state index contributed by atoms with van der Waals surface area (Å²) in [6, 6.07) is 1.96. The predicted molar refractivity (Wildman–Crippen MR) is 79.3 cm³/mol. The molecule has 7 nitrogen and oxygen atoms in total. The number of nitrogens with two attached hydrogens (primary N) is 1. The Bertz CT molecular complexity index is 743. The van der Waals surface area contributed by atoms with Crippen LogP contribution in [0.4, 0.5) is 5.82 Å². The summed E-state index contributed by atoms with van der Waals surface area (Å²) >= 11 is 0. The molecule has 21 heavy (non-hydrogen) atoms. The van der Waals surface area contributed by atoms with E-state index >= 15 is 0 Å². The Morgan fingerprint density at radius 2 is 2.10 bits per heavy atom. The highest BCUT2D eigenvalue weighted by atomic mass is 16.6. The molecule has 0 radical (unpaired) electrons. The molecule has 3 aromatic heterocycles. The van der Waals surface area contributed by atoms with E-state index in [0.717, 1.165) is 30.4 Å². The highest BCUT2D eigenvalue weighted by Gasteiger charge is 2.20. The lowest BCUT2D eigenvalue weighted by molar-refractivity contribution is 0.310. The fourth-order valence-corrected chi connectivity index (χ4v) is 2.50. The SMILES string of the molecule is CCC(CC)Cn1c(-c2nonc2N)nc2cnccc21. The van der Waals surface area contributed by atoms with Gasteiger partial charge in [-0.25, -0.2) is 9.61 Å². The molecule has 3 heterocycles. The Hall–Kier alpha value is -2.44. The fraction of sp³-hybridized carbons (Fsp3) is 0.429. The topological polar surface area (TPSA) is 95.7 Å². The number of rotatable bonds is 5. The standard InChI is InChI=1S/C14H18N6O/c1-3-9(4-2)8-20-11-5-6-16-7-10(11)17-14(20)12-13(15)19-21-18-12/h5-7,9H,3-4,8H2,1-2H3,(H2,15,19). The second kappa shape index (κ2) is 5.51. The van der Waals surface area contributed by atoms with Crippen LogP contribution in [0.3, 0.4) is 0 Å². The van der Waals surface area contributed by atoms with E-state index in [0.29, 0.717) is 17.4 Å². The van der Waals surface area contributed by atoms with Crippen LogP contribution in [0.1, 0.15) is 26.7 Å². The van der Waals surface area contributed by atoms with E-state index in [1.807, 2.05) is 6.07 Å². The first-order chi connectivity index (χ1) is 10.2. The van der Waals surface area contributed by atoms with Crippen molar-refractivity contribution in [3.8, 4) is 11.5 Å². The second-order valence-corrected chi connectivity index (χ2v) is 5.09. The van der Waals surface area contributed by atoms with Crippen LogP contribution in [-0.4, -0.2) is 24.8 Å². The van der Waals surface area contributed by atoms with Crippen LogP contribution < -0.4 is 5.73 Å². The van der Waals surface area contributed by atoms with Gasteiger partial charge < -0.3 is 10.3 Å². The summed E-state index contributed by atoms with van der Waals surface area (Å²) in [4.78, 5) is 8.72. The zero-order valence-electron chi connectivity index (χ0n) is 12.2. The zero-order valence-corrected chi connectivity index (χ0v) is 12.2. The molecule has 3 aromatic rings. The van der Waals surface area contributed by atoms with E-state index in [-0.39, 0.29) is 5.82 Å². The molecule has 0 saturated heterocycles. The first kappa shape index (κ1) is 13.5. The van der Waals surface area contributed by atoms with Crippen molar-refractivity contribution in [3.63, 3.8) is 0 Å². The number of aromatic nitrogens is 5. The maximum Gasteiger partial charge on any atom is 0.199 e. The minimum Gasteiger partial charge on any atom is -0.379 e. The lowest BCUT2D eigenvalue weighted by atomic mass is 10.0. The molecule has 0 aromatic carbocycles. The van der Waals surface area contributed by atoms with E-state index in [1.165, 1.54) is 0 Å². The summed E-state index contributed by atoms with van der Waals surface area (Å²) < 4.78 is 6.84. The minimum absolute atomic E-state index is 0.254. The Balaban J connectivity index is 2.16. The number of fused-ring (bicyclic) bond motifs is 1. The molecule has 0 saturated carbocycles. The Morgan fingerprint density at radius 1 is 1.29 bits per heavy atom. The molecule has 3 rings (SSSR count). The van der Waals surface area contributed by atoms with Crippen molar-refractivity contribution in [2.45, 2.75) is 33.2 Å². The molecule has 0 bridgehead atoms. The third kappa shape index (κ3) is 2.35. The maximum atomic E-state index is 5.82. The molecule has 0 aliphatic rings. The normalized spacial score (nSPS) is 11.6. The van der Waals surface area contributed by atoms with Crippen molar-refractivity contribution in [1.82, 2.24) is 24.8 Å². The molecule has 0 spiro atoms. The van der Waals surface area contributed by atoms with Crippen LogP contribution >= 0.6 is 0 Å². The number of anilines is 1. The van der Waals surface area contributed by atoms with E-state index in [1.54, 1.807) is 12.4 Å². The third-order valence-corrected chi connectivity index (χ3v) is 3.87. The van der Waals surface area contributed by atoms with E-state index in [2.05, 4.69) is 38.7 Å². The number of pyridine rings is 1. The first-order valence-electron chi connectivity index (χ1n) is 7.13. The second-order valence-electron chi connectivity index (χ2n) is 5.09. The Labute approximate surface area is 122 Å². The van der Waals surface area contributed by atoms with Gasteiger partial charge in [0.1, 0.15) is 5.52 Å². The fourth-order valence-electron chi connectivity index (χ4n) is 2.50. The number of nitrogen functional groups attached to an aromatic ring is 1. The monoisotopic (exact) mass is 286 g/mol. The molecule has 7 heteroatoms. The summed E-state index contributed by atoms with van der Waals surface area (Å²) in [5, 5.41) is 7.53. The molecule has 110 valence electrons. The van der Waals surface area contributed by atoms with Gasteiger partial charge in [-0.15, -0.1) is 0 Å². The van der Waals surface area contributed by atoms with Crippen molar-refractivity contribution in [2.75, 3.05) is 5.73 Å². The number of nitrogens with zero attached hydrogens (tertiary/aromatic N) is 5. The third-order valence-electron chi connectivity index (χ3n) is 3.87. The number of hydrogen-bond acceptors (Lipinski definition) is 6. The quantitative estimate of drug-likeness (QED) is 0.774. The van der Waals surface area contributed by atoms with Crippen molar-refractivity contribution in [1.29, 1.82) is 0 Å².